The first kappa shape index (κ1) is 14.6. The van der Waals surface area contributed by atoms with Crippen LogP contribution >= 0.6 is 11.3 Å². The lowest BCUT2D eigenvalue weighted by Crippen LogP contribution is -2.05. The van der Waals surface area contributed by atoms with Crippen molar-refractivity contribution in [2.75, 3.05) is 6.61 Å². The van der Waals surface area contributed by atoms with Crippen molar-refractivity contribution < 1.29 is 4.74 Å². The van der Waals surface area contributed by atoms with E-state index < -0.39 is 0 Å². The molecule has 1 saturated carbocycles. The quantitative estimate of drug-likeness (QED) is 0.716. The van der Waals surface area contributed by atoms with Crippen LogP contribution in [0.2, 0.25) is 0 Å². The van der Waals surface area contributed by atoms with Gasteiger partial charge in [0.15, 0.2) is 5.82 Å². The molecule has 0 N–H and O–H groups in total. The normalized spacial score (nSPS) is 16.0. The highest BCUT2D eigenvalue weighted by atomic mass is 32.1. The van der Waals surface area contributed by atoms with E-state index >= 15 is 0 Å². The molecule has 1 fully saturated rings. The van der Waals surface area contributed by atoms with Crippen LogP contribution in [0.1, 0.15) is 50.0 Å². The van der Waals surface area contributed by atoms with Crippen LogP contribution in [-0.4, -0.2) is 26.4 Å². The maximum absolute atomic E-state index is 5.49. The Kier molecular flexibility index (Phi) is 3.99. The molecule has 120 valence electrons. The SMILES string of the molecule is CCOc1ccc(-c2nnc3sc(C4CCCCC4)nn23)cc1. The van der Waals surface area contributed by atoms with E-state index in [-0.39, 0.29) is 0 Å². The molecule has 2 aromatic heterocycles. The van der Waals surface area contributed by atoms with E-state index in [4.69, 9.17) is 9.84 Å². The second-order valence-electron chi connectivity index (χ2n) is 5.95. The van der Waals surface area contributed by atoms with E-state index in [1.54, 1.807) is 11.3 Å². The van der Waals surface area contributed by atoms with Crippen LogP contribution in [0.15, 0.2) is 24.3 Å². The number of hydrogen-bond acceptors (Lipinski definition) is 5. The summed E-state index contributed by atoms with van der Waals surface area (Å²) in [5, 5.41) is 14.6. The van der Waals surface area contributed by atoms with Crippen LogP contribution in [0.4, 0.5) is 0 Å². The van der Waals surface area contributed by atoms with Gasteiger partial charge in [0, 0.05) is 11.5 Å². The summed E-state index contributed by atoms with van der Waals surface area (Å²) in [5.74, 6) is 2.28. The van der Waals surface area contributed by atoms with Gasteiger partial charge in [-0.15, -0.1) is 10.2 Å². The van der Waals surface area contributed by atoms with E-state index in [1.807, 2.05) is 35.7 Å². The smallest absolute Gasteiger partial charge is 0.234 e. The first-order chi connectivity index (χ1) is 11.3. The van der Waals surface area contributed by atoms with E-state index in [0.717, 1.165) is 22.1 Å². The molecular weight excluding hydrogens is 308 g/mol. The van der Waals surface area contributed by atoms with Gasteiger partial charge in [0.2, 0.25) is 4.96 Å². The molecule has 6 heteroatoms. The predicted molar refractivity (Wildman–Crippen MR) is 91.1 cm³/mol. The molecule has 5 nitrogen and oxygen atoms in total. The van der Waals surface area contributed by atoms with Crippen LogP contribution in [0, 0.1) is 0 Å². The lowest BCUT2D eigenvalue weighted by atomic mass is 9.90. The summed E-state index contributed by atoms with van der Waals surface area (Å²) in [6.45, 7) is 2.66. The summed E-state index contributed by atoms with van der Waals surface area (Å²) >= 11 is 1.68. The number of fused-ring (bicyclic) bond motifs is 1. The fourth-order valence-electron chi connectivity index (χ4n) is 3.19. The monoisotopic (exact) mass is 328 g/mol. The molecule has 2 heterocycles. The van der Waals surface area contributed by atoms with Gasteiger partial charge in [0.25, 0.3) is 0 Å². The average Bonchev–Trinajstić information content (AvgIpc) is 3.17. The summed E-state index contributed by atoms with van der Waals surface area (Å²) in [5.41, 5.74) is 1.02. The lowest BCUT2D eigenvalue weighted by molar-refractivity contribution is 0.340. The van der Waals surface area contributed by atoms with E-state index in [9.17, 15) is 0 Å². The molecule has 0 radical (unpaired) electrons. The minimum absolute atomic E-state index is 0.601. The summed E-state index contributed by atoms with van der Waals surface area (Å²) < 4.78 is 7.39. The average molecular weight is 328 g/mol. The van der Waals surface area contributed by atoms with Crippen molar-refractivity contribution >= 4 is 16.3 Å². The molecule has 0 saturated heterocycles. The zero-order valence-corrected chi connectivity index (χ0v) is 14.1. The molecule has 23 heavy (non-hydrogen) atoms. The Morgan fingerprint density at radius 2 is 1.91 bits per heavy atom. The summed E-state index contributed by atoms with van der Waals surface area (Å²) in [4.78, 5) is 0.884. The molecule has 1 aliphatic rings. The van der Waals surface area contributed by atoms with Gasteiger partial charge in [-0.1, -0.05) is 30.6 Å². The molecule has 4 rings (SSSR count). The third-order valence-electron chi connectivity index (χ3n) is 4.38. The van der Waals surface area contributed by atoms with Crippen LogP contribution in [-0.2, 0) is 0 Å². The molecule has 0 unspecified atom stereocenters. The van der Waals surface area contributed by atoms with Gasteiger partial charge in [-0.3, -0.25) is 0 Å². The Hall–Kier alpha value is -1.95. The van der Waals surface area contributed by atoms with Gasteiger partial charge in [0.05, 0.1) is 6.61 Å². The Morgan fingerprint density at radius 3 is 2.65 bits per heavy atom. The molecule has 0 atom stereocenters. The molecule has 0 spiro atoms. The van der Waals surface area contributed by atoms with E-state index in [0.29, 0.717) is 12.5 Å². The lowest BCUT2D eigenvalue weighted by Gasteiger charge is -2.18. The standard InChI is InChI=1S/C17H20N4OS/c1-2-22-14-10-8-12(9-11-14)15-18-19-17-21(15)20-16(23-17)13-6-4-3-5-7-13/h8-11,13H,2-7H2,1H3. The minimum atomic E-state index is 0.601. The third kappa shape index (κ3) is 2.83. The maximum atomic E-state index is 5.49. The summed E-state index contributed by atoms with van der Waals surface area (Å²) in [6.07, 6.45) is 6.50. The molecule has 0 amide bonds. The zero-order chi connectivity index (χ0) is 15.6. The van der Waals surface area contributed by atoms with Crippen molar-refractivity contribution in [2.45, 2.75) is 44.9 Å². The van der Waals surface area contributed by atoms with E-state index in [2.05, 4.69) is 10.2 Å². The van der Waals surface area contributed by atoms with E-state index in [1.165, 1.54) is 37.1 Å². The topological polar surface area (TPSA) is 52.3 Å². The Morgan fingerprint density at radius 1 is 1.13 bits per heavy atom. The first-order valence-electron chi connectivity index (χ1n) is 8.30. The fraction of sp³-hybridized carbons (Fsp3) is 0.471. The van der Waals surface area contributed by atoms with Crippen molar-refractivity contribution in [1.82, 2.24) is 19.8 Å². The number of aromatic nitrogens is 4. The highest BCUT2D eigenvalue weighted by Crippen LogP contribution is 2.35. The van der Waals surface area contributed by atoms with Crippen molar-refractivity contribution in [1.29, 1.82) is 0 Å². The molecule has 3 aromatic rings. The number of rotatable bonds is 4. The second-order valence-corrected chi connectivity index (χ2v) is 6.94. The zero-order valence-electron chi connectivity index (χ0n) is 13.2. The van der Waals surface area contributed by atoms with Gasteiger partial charge in [-0.2, -0.15) is 9.61 Å². The van der Waals surface area contributed by atoms with Gasteiger partial charge in [0.1, 0.15) is 10.8 Å². The fourth-order valence-corrected chi connectivity index (χ4v) is 4.20. The molecular formula is C17H20N4OS. The first-order valence-corrected chi connectivity index (χ1v) is 9.12. The van der Waals surface area contributed by atoms with Crippen molar-refractivity contribution in [2.24, 2.45) is 0 Å². The van der Waals surface area contributed by atoms with Gasteiger partial charge < -0.3 is 4.74 Å². The minimum Gasteiger partial charge on any atom is -0.494 e. The van der Waals surface area contributed by atoms with Crippen molar-refractivity contribution in [3.05, 3.63) is 29.3 Å². The van der Waals surface area contributed by atoms with Crippen molar-refractivity contribution in [3.63, 3.8) is 0 Å². The maximum Gasteiger partial charge on any atom is 0.234 e. The van der Waals surface area contributed by atoms with Crippen molar-refractivity contribution in [3.8, 4) is 17.1 Å². The number of ether oxygens (including phenoxy) is 1. The number of benzene rings is 1. The highest BCUT2D eigenvalue weighted by Gasteiger charge is 2.21. The highest BCUT2D eigenvalue weighted by molar-refractivity contribution is 7.16. The van der Waals surface area contributed by atoms with Gasteiger partial charge in [-0.05, 0) is 44.0 Å². The third-order valence-corrected chi connectivity index (χ3v) is 5.45. The van der Waals surface area contributed by atoms with Gasteiger partial charge >= 0.3 is 0 Å². The van der Waals surface area contributed by atoms with Crippen LogP contribution in [0.25, 0.3) is 16.3 Å². The second kappa shape index (κ2) is 6.28. The molecule has 0 aliphatic heterocycles. The van der Waals surface area contributed by atoms with Gasteiger partial charge in [-0.25, -0.2) is 0 Å². The molecule has 1 aliphatic carbocycles. The van der Waals surface area contributed by atoms with Crippen LogP contribution in [0.5, 0.6) is 5.75 Å². The predicted octanol–water partition coefficient (Wildman–Crippen LogP) is 4.30. The summed E-state index contributed by atoms with van der Waals surface area (Å²) in [6, 6.07) is 7.96. The molecule has 1 aromatic carbocycles. The number of nitrogens with zero attached hydrogens (tertiary/aromatic N) is 4. The molecule has 0 bridgehead atoms. The Bertz CT molecular complexity index is 787. The largest absolute Gasteiger partial charge is 0.494 e. The number of hydrogen-bond donors (Lipinski definition) is 0. The van der Waals surface area contributed by atoms with Crippen LogP contribution < -0.4 is 4.74 Å². The van der Waals surface area contributed by atoms with Crippen LogP contribution in [0.3, 0.4) is 0 Å². The Labute approximate surface area is 139 Å². The summed E-state index contributed by atoms with van der Waals surface area (Å²) in [7, 11) is 0. The Balaban J connectivity index is 1.65.